The lowest BCUT2D eigenvalue weighted by Crippen LogP contribution is -2.03. The third kappa shape index (κ3) is 5.29. The highest BCUT2D eigenvalue weighted by Gasteiger charge is 2.25. The number of fused-ring (bicyclic) bond motifs is 3. The molecule has 0 aliphatic heterocycles. The normalized spacial score (nSPS) is 11.3. The fraction of sp³-hybridized carbons (Fsp3) is 0.200. The molecule has 0 radical (unpaired) electrons. The number of methoxy groups -OCH3 is 3. The zero-order valence-corrected chi connectivity index (χ0v) is 28.1. The molecule has 4 aromatic carbocycles. The minimum absolute atomic E-state index is 0.662. The number of aromatic nitrogens is 4. The highest BCUT2D eigenvalue weighted by atomic mass is 16.5. The van der Waals surface area contributed by atoms with Gasteiger partial charge >= 0.3 is 0 Å². The SMILES string of the molecule is CCc1nn(-c2cccc(Oc3ccc4c5ccccc5n(-c5cc(C)ccn5)c4c3)c2)c(CC)c1-c1c(OC)cc(OC)cc1OC. The van der Waals surface area contributed by atoms with Crippen molar-refractivity contribution in [2.45, 2.75) is 33.6 Å². The smallest absolute Gasteiger partial charge is 0.137 e. The van der Waals surface area contributed by atoms with E-state index in [1.54, 1.807) is 21.3 Å². The van der Waals surface area contributed by atoms with Crippen LogP contribution in [0, 0.1) is 6.92 Å². The van der Waals surface area contributed by atoms with Crippen molar-refractivity contribution in [3.63, 3.8) is 0 Å². The van der Waals surface area contributed by atoms with Crippen LogP contribution >= 0.6 is 0 Å². The molecule has 3 heterocycles. The summed E-state index contributed by atoms with van der Waals surface area (Å²) in [6.45, 7) is 6.33. The second kappa shape index (κ2) is 12.8. The number of hydrogen-bond donors (Lipinski definition) is 0. The molecule has 0 atom stereocenters. The molecule has 0 fully saturated rings. The Labute approximate surface area is 280 Å². The predicted molar refractivity (Wildman–Crippen MR) is 191 cm³/mol. The maximum atomic E-state index is 6.55. The summed E-state index contributed by atoms with van der Waals surface area (Å²) in [5.41, 5.74) is 8.04. The summed E-state index contributed by atoms with van der Waals surface area (Å²) in [6.07, 6.45) is 3.32. The van der Waals surface area contributed by atoms with Crippen molar-refractivity contribution < 1.29 is 18.9 Å². The number of ether oxygens (including phenoxy) is 4. The Bertz CT molecular complexity index is 2260. The van der Waals surface area contributed by atoms with Crippen molar-refractivity contribution in [1.82, 2.24) is 19.3 Å². The van der Waals surface area contributed by atoms with E-state index in [0.29, 0.717) is 23.0 Å². The molecular formula is C40H38N4O4. The number of benzene rings is 4. The van der Waals surface area contributed by atoms with Crippen LogP contribution in [0.5, 0.6) is 28.7 Å². The fourth-order valence-electron chi connectivity index (χ4n) is 6.55. The molecule has 0 amide bonds. The van der Waals surface area contributed by atoms with Gasteiger partial charge in [0.25, 0.3) is 0 Å². The van der Waals surface area contributed by atoms with Crippen LogP contribution in [0.2, 0.25) is 0 Å². The van der Waals surface area contributed by atoms with E-state index in [4.69, 9.17) is 29.0 Å². The van der Waals surface area contributed by atoms with E-state index in [-0.39, 0.29) is 0 Å². The maximum Gasteiger partial charge on any atom is 0.137 e. The molecule has 8 heteroatoms. The van der Waals surface area contributed by atoms with E-state index in [1.807, 2.05) is 53.3 Å². The number of rotatable bonds is 10. The Balaban J connectivity index is 1.31. The molecule has 0 unspecified atom stereocenters. The van der Waals surface area contributed by atoms with Gasteiger partial charge in [0, 0.05) is 46.8 Å². The molecule has 0 aliphatic rings. The minimum atomic E-state index is 0.662. The quantitative estimate of drug-likeness (QED) is 0.149. The van der Waals surface area contributed by atoms with Crippen LogP contribution < -0.4 is 18.9 Å². The Morgan fingerprint density at radius 3 is 2.10 bits per heavy atom. The second-order valence-corrected chi connectivity index (χ2v) is 11.6. The highest BCUT2D eigenvalue weighted by molar-refractivity contribution is 6.09. The summed E-state index contributed by atoms with van der Waals surface area (Å²) < 4.78 is 28.0. The van der Waals surface area contributed by atoms with E-state index in [9.17, 15) is 0 Å². The fourth-order valence-corrected chi connectivity index (χ4v) is 6.55. The van der Waals surface area contributed by atoms with Gasteiger partial charge in [0.1, 0.15) is 34.6 Å². The van der Waals surface area contributed by atoms with Crippen molar-refractivity contribution in [2.24, 2.45) is 0 Å². The van der Waals surface area contributed by atoms with Gasteiger partial charge in [-0.2, -0.15) is 5.10 Å². The largest absolute Gasteiger partial charge is 0.496 e. The molecule has 0 N–H and O–H groups in total. The summed E-state index contributed by atoms with van der Waals surface area (Å²) >= 11 is 0. The van der Waals surface area contributed by atoms with Gasteiger partial charge < -0.3 is 18.9 Å². The van der Waals surface area contributed by atoms with E-state index in [2.05, 4.69) is 73.9 Å². The first-order chi connectivity index (χ1) is 23.5. The second-order valence-electron chi connectivity index (χ2n) is 11.6. The Morgan fingerprint density at radius 1 is 0.646 bits per heavy atom. The number of hydrogen-bond acceptors (Lipinski definition) is 6. The lowest BCUT2D eigenvalue weighted by Gasteiger charge is -2.17. The summed E-state index contributed by atoms with van der Waals surface area (Å²) in [6, 6.07) is 30.6. The van der Waals surface area contributed by atoms with Crippen LogP contribution in [0.15, 0.2) is 97.2 Å². The van der Waals surface area contributed by atoms with Gasteiger partial charge in [-0.1, -0.05) is 38.1 Å². The molecule has 0 saturated carbocycles. The van der Waals surface area contributed by atoms with E-state index < -0.39 is 0 Å². The average Bonchev–Trinajstić information content (AvgIpc) is 3.66. The molecule has 48 heavy (non-hydrogen) atoms. The van der Waals surface area contributed by atoms with Crippen LogP contribution in [0.3, 0.4) is 0 Å². The van der Waals surface area contributed by atoms with E-state index in [0.717, 1.165) is 74.6 Å². The lowest BCUT2D eigenvalue weighted by atomic mass is 9.98. The number of nitrogens with zero attached hydrogens (tertiary/aromatic N) is 4. The first-order valence-electron chi connectivity index (χ1n) is 16.1. The summed E-state index contributed by atoms with van der Waals surface area (Å²) in [7, 11) is 4.96. The van der Waals surface area contributed by atoms with Crippen molar-refractivity contribution in [3.05, 3.63) is 114 Å². The Kier molecular flexibility index (Phi) is 8.23. The van der Waals surface area contributed by atoms with Crippen LogP contribution in [0.1, 0.15) is 30.8 Å². The molecule has 0 bridgehead atoms. The molecule has 8 nitrogen and oxygen atoms in total. The highest BCUT2D eigenvalue weighted by Crippen LogP contribution is 2.45. The van der Waals surface area contributed by atoms with Crippen molar-refractivity contribution in [3.8, 4) is 51.4 Å². The first-order valence-corrected chi connectivity index (χ1v) is 16.1. The van der Waals surface area contributed by atoms with Crippen molar-refractivity contribution in [1.29, 1.82) is 0 Å². The summed E-state index contributed by atoms with van der Waals surface area (Å²) in [4.78, 5) is 4.72. The molecule has 7 aromatic rings. The van der Waals surface area contributed by atoms with Crippen LogP contribution in [-0.4, -0.2) is 40.7 Å². The summed E-state index contributed by atoms with van der Waals surface area (Å²) in [5.74, 6) is 4.31. The molecule has 242 valence electrons. The van der Waals surface area contributed by atoms with Gasteiger partial charge in [0.15, 0.2) is 0 Å². The minimum Gasteiger partial charge on any atom is -0.496 e. The predicted octanol–water partition coefficient (Wildman–Crippen LogP) is 9.28. The van der Waals surface area contributed by atoms with Gasteiger partial charge in [-0.3, -0.25) is 4.57 Å². The van der Waals surface area contributed by atoms with Gasteiger partial charge in [-0.15, -0.1) is 0 Å². The Morgan fingerprint density at radius 2 is 1.40 bits per heavy atom. The first kappa shape index (κ1) is 30.9. The number of pyridine rings is 1. The third-order valence-electron chi connectivity index (χ3n) is 8.76. The van der Waals surface area contributed by atoms with Crippen LogP contribution in [0.25, 0.3) is 44.4 Å². The van der Waals surface area contributed by atoms with Crippen LogP contribution in [0.4, 0.5) is 0 Å². The van der Waals surface area contributed by atoms with Gasteiger partial charge in [0.2, 0.25) is 0 Å². The van der Waals surface area contributed by atoms with Gasteiger partial charge in [0.05, 0.1) is 55.0 Å². The van der Waals surface area contributed by atoms with Gasteiger partial charge in [-0.05, 0) is 67.8 Å². The molecule has 7 rings (SSSR count). The molecule has 0 saturated heterocycles. The van der Waals surface area contributed by atoms with E-state index in [1.165, 1.54) is 5.39 Å². The topological polar surface area (TPSA) is 72.6 Å². The standard InChI is InChI=1S/C40H38N4O4/c1-7-32-39(40-36(46-5)23-29(45-4)24-37(40)47-6)33(8-2)44(42-32)26-12-11-13-27(21-26)48-28-16-17-31-30-14-9-10-15-34(30)43(35(31)22-28)38-20-25(3)18-19-41-38/h9-24H,7-8H2,1-6H3. The average molecular weight is 639 g/mol. The number of para-hydroxylation sites is 1. The lowest BCUT2D eigenvalue weighted by molar-refractivity contribution is 0.377. The molecule has 0 spiro atoms. The molecule has 3 aromatic heterocycles. The molecule has 0 aliphatic carbocycles. The summed E-state index contributed by atoms with van der Waals surface area (Å²) in [5, 5.41) is 7.42. The zero-order valence-electron chi connectivity index (χ0n) is 28.1. The maximum absolute atomic E-state index is 6.55. The zero-order chi connectivity index (χ0) is 33.4. The van der Waals surface area contributed by atoms with Crippen LogP contribution in [-0.2, 0) is 12.8 Å². The molecular weight excluding hydrogens is 600 g/mol. The Hall–Kier alpha value is -5.76. The third-order valence-corrected chi connectivity index (χ3v) is 8.76. The number of aryl methyl sites for hydroxylation is 2. The monoisotopic (exact) mass is 638 g/mol. The van der Waals surface area contributed by atoms with Crippen molar-refractivity contribution in [2.75, 3.05) is 21.3 Å². The van der Waals surface area contributed by atoms with E-state index >= 15 is 0 Å². The van der Waals surface area contributed by atoms with Gasteiger partial charge in [-0.25, -0.2) is 9.67 Å². The van der Waals surface area contributed by atoms with Crippen molar-refractivity contribution >= 4 is 21.8 Å².